The molecule has 11 heavy (non-hydrogen) atoms. The van der Waals surface area contributed by atoms with E-state index in [0.29, 0.717) is 6.42 Å². The average molecular weight is 176 g/mol. The van der Waals surface area contributed by atoms with Gasteiger partial charge in [-0.25, -0.2) is 0 Å². The molecular formula is C8H17O2P. The summed E-state index contributed by atoms with van der Waals surface area (Å²) in [5, 5.41) is 8.10. The van der Waals surface area contributed by atoms with Gasteiger partial charge >= 0.3 is 5.97 Å². The van der Waals surface area contributed by atoms with E-state index in [9.17, 15) is 4.79 Å². The van der Waals surface area contributed by atoms with Crippen LogP contribution in [0.3, 0.4) is 0 Å². The van der Waals surface area contributed by atoms with Gasteiger partial charge < -0.3 is 5.11 Å². The van der Waals surface area contributed by atoms with Crippen LogP contribution in [0.15, 0.2) is 0 Å². The molecular weight excluding hydrogens is 159 g/mol. The van der Waals surface area contributed by atoms with E-state index in [-0.39, 0.29) is 5.41 Å². The Balaban J connectivity index is 4.25. The van der Waals surface area contributed by atoms with Crippen molar-refractivity contribution in [2.24, 2.45) is 5.41 Å². The average Bonchev–Trinajstić information content (AvgIpc) is 1.56. The number of carbonyl (C=O) groups is 1. The molecule has 0 heterocycles. The highest BCUT2D eigenvalue weighted by Crippen LogP contribution is 2.33. The number of rotatable bonds is 2. The SMILES string of the molecule is CC(C)(C)CC(C)(P)C(=O)O. The van der Waals surface area contributed by atoms with Gasteiger partial charge in [0.15, 0.2) is 0 Å². The van der Waals surface area contributed by atoms with E-state index in [0.717, 1.165) is 0 Å². The molecule has 0 radical (unpaired) electrons. The third kappa shape index (κ3) is 4.36. The molecule has 0 aromatic rings. The topological polar surface area (TPSA) is 37.3 Å². The number of hydrogen-bond acceptors (Lipinski definition) is 1. The fourth-order valence-electron chi connectivity index (χ4n) is 1.18. The Morgan fingerprint density at radius 2 is 1.73 bits per heavy atom. The third-order valence-corrected chi connectivity index (χ3v) is 1.84. The smallest absolute Gasteiger partial charge is 0.313 e. The molecule has 0 rings (SSSR count). The molecule has 2 atom stereocenters. The zero-order valence-electron chi connectivity index (χ0n) is 7.64. The Bertz CT molecular complexity index is 156. The standard InChI is InChI=1S/C8H17O2P/c1-7(2,3)5-8(4,11)6(9)10/h5,11H2,1-4H3,(H,9,10). The zero-order chi connectivity index (χ0) is 9.28. The van der Waals surface area contributed by atoms with Gasteiger partial charge in [0.05, 0.1) is 5.16 Å². The predicted octanol–water partition coefficient (Wildman–Crippen LogP) is 2.14. The van der Waals surface area contributed by atoms with Gasteiger partial charge in [0.1, 0.15) is 0 Å². The molecule has 0 spiro atoms. The quantitative estimate of drug-likeness (QED) is 0.654. The van der Waals surface area contributed by atoms with Gasteiger partial charge in [0.2, 0.25) is 0 Å². The summed E-state index contributed by atoms with van der Waals surface area (Å²) in [5.41, 5.74) is 0.0644. The van der Waals surface area contributed by atoms with Crippen LogP contribution in [0, 0.1) is 5.41 Å². The Morgan fingerprint density at radius 1 is 1.36 bits per heavy atom. The molecule has 0 aromatic carbocycles. The summed E-state index contributed by atoms with van der Waals surface area (Å²) in [6.07, 6.45) is 0.667. The Hall–Kier alpha value is -0.100. The molecule has 0 amide bonds. The lowest BCUT2D eigenvalue weighted by Gasteiger charge is -2.28. The van der Waals surface area contributed by atoms with Crippen molar-refractivity contribution in [2.45, 2.75) is 39.3 Å². The predicted molar refractivity (Wildman–Crippen MR) is 49.8 cm³/mol. The summed E-state index contributed by atoms with van der Waals surface area (Å²) in [7, 11) is 2.39. The molecule has 66 valence electrons. The van der Waals surface area contributed by atoms with Crippen LogP contribution in [-0.2, 0) is 4.79 Å². The van der Waals surface area contributed by atoms with Crippen LogP contribution < -0.4 is 0 Å². The van der Waals surface area contributed by atoms with E-state index < -0.39 is 11.1 Å². The van der Waals surface area contributed by atoms with E-state index in [2.05, 4.69) is 9.24 Å². The molecule has 1 N–H and O–H groups in total. The Kier molecular flexibility index (Phi) is 3.07. The molecule has 0 saturated heterocycles. The van der Waals surface area contributed by atoms with Gasteiger partial charge in [0, 0.05) is 0 Å². The second-order valence-corrected chi connectivity index (χ2v) is 5.73. The Labute approximate surface area is 70.6 Å². The second-order valence-electron chi connectivity index (χ2n) is 4.46. The zero-order valence-corrected chi connectivity index (χ0v) is 8.79. The maximum absolute atomic E-state index is 10.7. The second kappa shape index (κ2) is 3.10. The minimum absolute atomic E-state index is 0.0644. The summed E-state index contributed by atoms with van der Waals surface area (Å²) in [6.45, 7) is 7.85. The van der Waals surface area contributed by atoms with Crippen LogP contribution in [0.4, 0.5) is 0 Å². The Morgan fingerprint density at radius 3 is 1.82 bits per heavy atom. The van der Waals surface area contributed by atoms with E-state index in [1.165, 1.54) is 0 Å². The van der Waals surface area contributed by atoms with Crippen molar-refractivity contribution in [3.63, 3.8) is 0 Å². The van der Waals surface area contributed by atoms with Gasteiger partial charge in [-0.1, -0.05) is 20.8 Å². The van der Waals surface area contributed by atoms with Crippen molar-refractivity contribution in [2.75, 3.05) is 0 Å². The van der Waals surface area contributed by atoms with Gasteiger partial charge in [0.25, 0.3) is 0 Å². The number of carboxylic acid groups (broad SMARTS) is 1. The fraction of sp³-hybridized carbons (Fsp3) is 0.875. The van der Waals surface area contributed by atoms with Crippen LogP contribution >= 0.6 is 9.24 Å². The highest BCUT2D eigenvalue weighted by molar-refractivity contribution is 7.20. The highest BCUT2D eigenvalue weighted by atomic mass is 31.0. The van der Waals surface area contributed by atoms with Crippen LogP contribution in [0.2, 0.25) is 0 Å². The van der Waals surface area contributed by atoms with Crippen LogP contribution in [0.1, 0.15) is 34.1 Å². The summed E-state index contributed by atoms with van der Waals surface area (Å²) >= 11 is 0. The van der Waals surface area contributed by atoms with Crippen LogP contribution in [0.5, 0.6) is 0 Å². The minimum atomic E-state index is -0.752. The van der Waals surface area contributed by atoms with Crippen molar-refractivity contribution in [3.05, 3.63) is 0 Å². The molecule has 0 saturated carbocycles. The summed E-state index contributed by atoms with van der Waals surface area (Å²) in [4.78, 5) is 10.7. The summed E-state index contributed by atoms with van der Waals surface area (Å²) < 4.78 is 0. The third-order valence-electron chi connectivity index (χ3n) is 1.39. The van der Waals surface area contributed by atoms with E-state index in [1.54, 1.807) is 6.92 Å². The number of aliphatic carboxylic acids is 1. The normalized spacial score (nSPS) is 17.5. The van der Waals surface area contributed by atoms with Crippen molar-refractivity contribution < 1.29 is 9.90 Å². The van der Waals surface area contributed by atoms with Crippen molar-refractivity contribution >= 4 is 15.2 Å². The molecule has 3 heteroatoms. The van der Waals surface area contributed by atoms with E-state index in [1.807, 2.05) is 20.8 Å². The van der Waals surface area contributed by atoms with Crippen molar-refractivity contribution in [1.29, 1.82) is 0 Å². The molecule has 0 fully saturated rings. The number of carboxylic acids is 1. The van der Waals surface area contributed by atoms with E-state index >= 15 is 0 Å². The minimum Gasteiger partial charge on any atom is -0.481 e. The van der Waals surface area contributed by atoms with Gasteiger partial charge in [-0.3, -0.25) is 4.79 Å². The molecule has 0 aliphatic rings. The lowest BCUT2D eigenvalue weighted by atomic mass is 9.85. The lowest BCUT2D eigenvalue weighted by molar-refractivity contribution is -0.140. The molecule has 2 unspecified atom stereocenters. The van der Waals surface area contributed by atoms with E-state index in [4.69, 9.17) is 5.11 Å². The van der Waals surface area contributed by atoms with Crippen molar-refractivity contribution in [1.82, 2.24) is 0 Å². The molecule has 0 bridgehead atoms. The fourth-order valence-corrected chi connectivity index (χ4v) is 1.79. The maximum atomic E-state index is 10.7. The van der Waals surface area contributed by atoms with Gasteiger partial charge in [-0.15, -0.1) is 9.24 Å². The first-order chi connectivity index (χ1) is 4.65. The molecule has 0 aromatic heterocycles. The van der Waals surface area contributed by atoms with Gasteiger partial charge in [-0.2, -0.15) is 0 Å². The van der Waals surface area contributed by atoms with Crippen LogP contribution in [-0.4, -0.2) is 16.2 Å². The monoisotopic (exact) mass is 176 g/mol. The first kappa shape index (κ1) is 10.9. The maximum Gasteiger partial charge on any atom is 0.313 e. The van der Waals surface area contributed by atoms with Crippen LogP contribution in [0.25, 0.3) is 0 Å². The van der Waals surface area contributed by atoms with Gasteiger partial charge in [-0.05, 0) is 18.8 Å². The molecule has 2 nitrogen and oxygen atoms in total. The molecule has 0 aliphatic heterocycles. The molecule has 0 aliphatic carbocycles. The lowest BCUT2D eigenvalue weighted by Crippen LogP contribution is -2.32. The highest BCUT2D eigenvalue weighted by Gasteiger charge is 2.32. The number of hydrogen-bond donors (Lipinski definition) is 1. The first-order valence-corrected chi connectivity index (χ1v) is 4.25. The summed E-state index contributed by atoms with van der Waals surface area (Å²) in [6, 6.07) is 0. The van der Waals surface area contributed by atoms with Crippen molar-refractivity contribution in [3.8, 4) is 0 Å². The largest absolute Gasteiger partial charge is 0.481 e. The first-order valence-electron chi connectivity index (χ1n) is 3.67. The summed E-state index contributed by atoms with van der Waals surface area (Å²) in [5.74, 6) is -0.752.